The Morgan fingerprint density at radius 1 is 0.966 bits per heavy atom. The predicted molar refractivity (Wildman–Crippen MR) is 114 cm³/mol. The summed E-state index contributed by atoms with van der Waals surface area (Å²) in [7, 11) is 0. The monoisotopic (exact) mass is 383 g/mol. The van der Waals surface area contributed by atoms with Crippen molar-refractivity contribution in [1.82, 2.24) is 9.97 Å². The van der Waals surface area contributed by atoms with Crippen LogP contribution in [0.4, 0.5) is 11.5 Å². The molecule has 7 heteroatoms. The molecule has 1 N–H and O–H groups in total. The highest BCUT2D eigenvalue weighted by Gasteiger charge is 2.09. The van der Waals surface area contributed by atoms with E-state index in [0.717, 1.165) is 22.0 Å². The number of nitrogens with one attached hydrogen (secondary N) is 1. The number of rotatable bonds is 5. The first kappa shape index (κ1) is 18.2. The van der Waals surface area contributed by atoms with Gasteiger partial charge in [-0.15, -0.1) is 0 Å². The molecule has 0 unspecified atom stereocenters. The topological polar surface area (TPSA) is 93.3 Å². The van der Waals surface area contributed by atoms with Crippen molar-refractivity contribution in [3.63, 3.8) is 0 Å². The Kier molecular flexibility index (Phi) is 4.94. The maximum Gasteiger partial charge on any atom is 0.269 e. The van der Waals surface area contributed by atoms with Gasteiger partial charge >= 0.3 is 0 Å². The number of hydrogen-bond acceptors (Lipinski definition) is 6. The number of para-hydroxylation sites is 1. The fraction of sp³-hybridized carbons (Fsp3) is 0.0455. The zero-order valence-electron chi connectivity index (χ0n) is 15.6. The first-order valence-electron chi connectivity index (χ1n) is 8.97. The molecule has 0 atom stereocenters. The predicted octanol–water partition coefficient (Wildman–Crippen LogP) is 4.96. The van der Waals surface area contributed by atoms with Gasteiger partial charge in [-0.25, -0.2) is 9.97 Å². The lowest BCUT2D eigenvalue weighted by Gasteiger charge is -2.08. The molecule has 0 fully saturated rings. The van der Waals surface area contributed by atoms with Crippen LogP contribution in [0.15, 0.2) is 77.9 Å². The van der Waals surface area contributed by atoms with Gasteiger partial charge in [0.05, 0.1) is 16.7 Å². The second-order valence-electron chi connectivity index (χ2n) is 6.50. The molecule has 4 aromatic rings. The lowest BCUT2D eigenvalue weighted by molar-refractivity contribution is -0.384. The van der Waals surface area contributed by atoms with Gasteiger partial charge in [0.15, 0.2) is 11.6 Å². The first-order chi connectivity index (χ1) is 14.1. The van der Waals surface area contributed by atoms with Crippen LogP contribution in [0.25, 0.3) is 22.3 Å². The minimum atomic E-state index is -0.432. The summed E-state index contributed by atoms with van der Waals surface area (Å²) in [4.78, 5) is 19.6. The van der Waals surface area contributed by atoms with Crippen LogP contribution in [0.2, 0.25) is 0 Å². The van der Waals surface area contributed by atoms with Crippen LogP contribution >= 0.6 is 0 Å². The number of hydrazone groups is 1. The van der Waals surface area contributed by atoms with E-state index in [4.69, 9.17) is 0 Å². The summed E-state index contributed by atoms with van der Waals surface area (Å²) in [6.45, 7) is 2.03. The third kappa shape index (κ3) is 4.08. The highest BCUT2D eigenvalue weighted by Crippen LogP contribution is 2.25. The van der Waals surface area contributed by atoms with Gasteiger partial charge in [0.1, 0.15) is 0 Å². The van der Waals surface area contributed by atoms with Crippen LogP contribution in [-0.2, 0) is 0 Å². The molecule has 4 rings (SSSR count). The largest absolute Gasteiger partial charge is 0.269 e. The first-order valence-corrected chi connectivity index (χ1v) is 8.97. The molecule has 0 aliphatic carbocycles. The zero-order valence-corrected chi connectivity index (χ0v) is 15.6. The number of nitrogens with zero attached hydrogens (tertiary/aromatic N) is 4. The number of aromatic nitrogens is 2. The van der Waals surface area contributed by atoms with Crippen molar-refractivity contribution in [2.75, 3.05) is 5.43 Å². The van der Waals surface area contributed by atoms with Crippen molar-refractivity contribution in [3.8, 4) is 11.4 Å². The van der Waals surface area contributed by atoms with E-state index in [0.29, 0.717) is 11.6 Å². The van der Waals surface area contributed by atoms with Crippen molar-refractivity contribution in [2.24, 2.45) is 5.10 Å². The van der Waals surface area contributed by atoms with Gasteiger partial charge in [-0.05, 0) is 36.8 Å². The fourth-order valence-electron chi connectivity index (χ4n) is 2.84. The molecule has 3 aromatic carbocycles. The minimum absolute atomic E-state index is 0.0413. The van der Waals surface area contributed by atoms with Gasteiger partial charge < -0.3 is 0 Å². The zero-order chi connectivity index (χ0) is 20.2. The Morgan fingerprint density at radius 3 is 2.41 bits per heavy atom. The number of aryl methyl sites for hydroxylation is 1. The highest BCUT2D eigenvalue weighted by atomic mass is 16.6. The fourth-order valence-corrected chi connectivity index (χ4v) is 2.84. The Morgan fingerprint density at radius 2 is 1.69 bits per heavy atom. The van der Waals surface area contributed by atoms with Gasteiger partial charge in [0, 0.05) is 23.1 Å². The summed E-state index contributed by atoms with van der Waals surface area (Å²) in [6.07, 6.45) is 1.59. The summed E-state index contributed by atoms with van der Waals surface area (Å²) in [5, 5.41) is 15.9. The van der Waals surface area contributed by atoms with Crippen LogP contribution in [-0.4, -0.2) is 21.1 Å². The molecule has 0 aliphatic rings. The van der Waals surface area contributed by atoms with Crippen molar-refractivity contribution in [2.45, 2.75) is 6.92 Å². The van der Waals surface area contributed by atoms with Gasteiger partial charge in [0.2, 0.25) is 0 Å². The number of nitro groups is 1. The molecule has 0 bridgehead atoms. The normalized spacial score (nSPS) is 11.1. The van der Waals surface area contributed by atoms with E-state index in [1.165, 1.54) is 17.7 Å². The molecule has 7 nitrogen and oxygen atoms in total. The van der Waals surface area contributed by atoms with Crippen LogP contribution in [0.1, 0.15) is 11.1 Å². The van der Waals surface area contributed by atoms with Gasteiger partial charge in [0.25, 0.3) is 5.69 Å². The van der Waals surface area contributed by atoms with Crippen molar-refractivity contribution < 1.29 is 4.92 Å². The van der Waals surface area contributed by atoms with E-state index in [-0.39, 0.29) is 5.69 Å². The van der Waals surface area contributed by atoms with E-state index in [1.807, 2.05) is 55.5 Å². The molecular weight excluding hydrogens is 366 g/mol. The van der Waals surface area contributed by atoms with Crippen LogP contribution in [0.3, 0.4) is 0 Å². The summed E-state index contributed by atoms with van der Waals surface area (Å²) in [6, 6.07) is 21.9. The third-order valence-electron chi connectivity index (χ3n) is 4.40. The number of benzene rings is 3. The molecule has 1 heterocycles. The molecule has 0 saturated heterocycles. The van der Waals surface area contributed by atoms with E-state index in [1.54, 1.807) is 18.3 Å². The lowest BCUT2D eigenvalue weighted by Crippen LogP contribution is -1.99. The molecule has 0 saturated carbocycles. The average Bonchev–Trinajstić information content (AvgIpc) is 2.74. The molecule has 29 heavy (non-hydrogen) atoms. The maximum atomic E-state index is 10.7. The molecule has 0 spiro atoms. The standard InChI is InChI=1S/C22H17N5O2/c1-15-6-10-17(11-7-15)21-24-20-5-3-2-4-19(20)22(25-21)26-23-14-16-8-12-18(13-9-16)27(28)29/h2-14H,1H3,(H,24,25,26). The minimum Gasteiger partial charge on any atom is -0.261 e. The van der Waals surface area contributed by atoms with E-state index in [2.05, 4.69) is 20.5 Å². The van der Waals surface area contributed by atoms with Gasteiger partial charge in [-0.2, -0.15) is 5.10 Å². The van der Waals surface area contributed by atoms with E-state index >= 15 is 0 Å². The smallest absolute Gasteiger partial charge is 0.261 e. The Bertz CT molecular complexity index is 1200. The summed E-state index contributed by atoms with van der Waals surface area (Å²) < 4.78 is 0. The maximum absolute atomic E-state index is 10.7. The second kappa shape index (κ2) is 7.85. The number of non-ortho nitro benzene ring substituents is 1. The molecule has 0 aliphatic heterocycles. The van der Waals surface area contributed by atoms with Gasteiger partial charge in [-0.1, -0.05) is 42.0 Å². The molecule has 0 amide bonds. The summed E-state index contributed by atoms with van der Waals surface area (Å²) in [5.41, 5.74) is 6.66. The SMILES string of the molecule is Cc1ccc(-c2nc(NN=Cc3ccc([N+](=O)[O-])cc3)c3ccccc3n2)cc1. The van der Waals surface area contributed by atoms with Crippen molar-refractivity contribution in [1.29, 1.82) is 0 Å². The van der Waals surface area contributed by atoms with Crippen LogP contribution in [0, 0.1) is 17.0 Å². The van der Waals surface area contributed by atoms with Crippen LogP contribution in [0.5, 0.6) is 0 Å². The lowest BCUT2D eigenvalue weighted by atomic mass is 10.1. The highest BCUT2D eigenvalue weighted by molar-refractivity contribution is 5.91. The molecule has 142 valence electrons. The van der Waals surface area contributed by atoms with Gasteiger partial charge in [-0.3, -0.25) is 15.5 Å². The molecular formula is C22H17N5O2. The third-order valence-corrected chi connectivity index (χ3v) is 4.40. The Labute approximate surface area is 166 Å². The van der Waals surface area contributed by atoms with E-state index in [9.17, 15) is 10.1 Å². The number of anilines is 1. The number of hydrogen-bond donors (Lipinski definition) is 1. The Hall–Kier alpha value is -4.13. The molecule has 0 radical (unpaired) electrons. The van der Waals surface area contributed by atoms with E-state index < -0.39 is 4.92 Å². The van der Waals surface area contributed by atoms with Crippen molar-refractivity contribution >= 4 is 28.6 Å². The average molecular weight is 383 g/mol. The second-order valence-corrected chi connectivity index (χ2v) is 6.50. The van der Waals surface area contributed by atoms with Crippen LogP contribution < -0.4 is 5.43 Å². The van der Waals surface area contributed by atoms with Crippen molar-refractivity contribution in [3.05, 3.63) is 94.0 Å². The number of nitro benzene ring substituents is 1. The summed E-state index contributed by atoms with van der Waals surface area (Å²) >= 11 is 0. The summed E-state index contributed by atoms with van der Waals surface area (Å²) in [5.74, 6) is 1.20. The Balaban J connectivity index is 1.65. The number of fused-ring (bicyclic) bond motifs is 1. The quantitative estimate of drug-likeness (QED) is 0.299. The molecule has 1 aromatic heterocycles.